The predicted octanol–water partition coefficient (Wildman–Crippen LogP) is 1.61. The van der Waals surface area contributed by atoms with Gasteiger partial charge < -0.3 is 16.2 Å². The van der Waals surface area contributed by atoms with Crippen LogP contribution in [0.4, 0.5) is 0 Å². The monoisotopic (exact) mass is 272 g/mol. The van der Waals surface area contributed by atoms with E-state index in [1.807, 2.05) is 6.92 Å². The number of nitrogens with two attached hydrogens (primary N) is 1. The first-order valence-electron chi connectivity index (χ1n) is 7.06. The lowest BCUT2D eigenvalue weighted by Crippen LogP contribution is -2.34. The molecule has 5 nitrogen and oxygen atoms in total. The maximum atomic E-state index is 11.8. The van der Waals surface area contributed by atoms with Gasteiger partial charge >= 0.3 is 5.97 Å². The number of amides is 1. The van der Waals surface area contributed by atoms with Crippen molar-refractivity contribution in [1.82, 2.24) is 5.32 Å². The molecule has 0 aromatic rings. The smallest absolute Gasteiger partial charge is 0.303 e. The van der Waals surface area contributed by atoms with E-state index >= 15 is 0 Å². The molecule has 2 atom stereocenters. The van der Waals surface area contributed by atoms with Gasteiger partial charge in [-0.05, 0) is 37.6 Å². The minimum absolute atomic E-state index is 0.00292. The Morgan fingerprint density at radius 1 is 1.26 bits per heavy atom. The summed E-state index contributed by atoms with van der Waals surface area (Å²) in [6.45, 7) is 7.02. The van der Waals surface area contributed by atoms with Crippen molar-refractivity contribution >= 4 is 11.9 Å². The number of nitrogens with one attached hydrogen (secondary N) is 1. The van der Waals surface area contributed by atoms with Gasteiger partial charge in [0.15, 0.2) is 0 Å². The zero-order valence-electron chi connectivity index (χ0n) is 12.3. The number of carbonyl (C=O) groups is 2. The van der Waals surface area contributed by atoms with E-state index < -0.39 is 5.97 Å². The molecule has 19 heavy (non-hydrogen) atoms. The van der Waals surface area contributed by atoms with Crippen molar-refractivity contribution in [2.45, 2.75) is 46.5 Å². The highest BCUT2D eigenvalue weighted by atomic mass is 16.4. The van der Waals surface area contributed by atoms with Crippen LogP contribution in [0.2, 0.25) is 0 Å². The molecule has 0 aliphatic carbocycles. The third kappa shape index (κ3) is 9.47. The van der Waals surface area contributed by atoms with Crippen molar-refractivity contribution in [3.8, 4) is 0 Å². The van der Waals surface area contributed by atoms with Gasteiger partial charge in [-0.3, -0.25) is 9.59 Å². The first-order valence-corrected chi connectivity index (χ1v) is 7.06. The summed E-state index contributed by atoms with van der Waals surface area (Å²) in [5.74, 6) is -0.448. The van der Waals surface area contributed by atoms with E-state index in [-0.39, 0.29) is 24.2 Å². The van der Waals surface area contributed by atoms with Crippen molar-refractivity contribution in [2.75, 3.05) is 13.1 Å². The molecule has 0 aromatic heterocycles. The molecule has 112 valence electrons. The number of hydrogen-bond donors (Lipinski definition) is 3. The third-order valence-electron chi connectivity index (χ3n) is 3.12. The normalized spacial score (nSPS) is 14.2. The van der Waals surface area contributed by atoms with Crippen LogP contribution in [0.1, 0.15) is 46.5 Å². The van der Waals surface area contributed by atoms with Crippen molar-refractivity contribution in [3.05, 3.63) is 0 Å². The van der Waals surface area contributed by atoms with Gasteiger partial charge in [0.2, 0.25) is 5.91 Å². The van der Waals surface area contributed by atoms with Crippen LogP contribution in [0, 0.1) is 17.8 Å². The summed E-state index contributed by atoms with van der Waals surface area (Å²) >= 11 is 0. The van der Waals surface area contributed by atoms with Crippen LogP contribution >= 0.6 is 0 Å². The van der Waals surface area contributed by atoms with Crippen molar-refractivity contribution < 1.29 is 14.7 Å². The molecule has 0 radical (unpaired) electrons. The lowest BCUT2D eigenvalue weighted by Gasteiger charge is -2.19. The standard InChI is InChI=1S/C14H28N2O3/c1-10(2)7-12(8-13(17)18)9-16-14(19)11(3)5-4-6-15/h10-12H,4-9,15H2,1-3H3,(H,16,19)(H,17,18)/t11?,12-/m0/s1. The zero-order chi connectivity index (χ0) is 14.8. The summed E-state index contributed by atoms with van der Waals surface area (Å²) in [7, 11) is 0. The SMILES string of the molecule is CC(C)C[C@H](CNC(=O)C(C)CCCN)CC(=O)O. The molecule has 0 heterocycles. The summed E-state index contributed by atoms with van der Waals surface area (Å²) < 4.78 is 0. The van der Waals surface area contributed by atoms with Crippen LogP contribution in [-0.4, -0.2) is 30.1 Å². The van der Waals surface area contributed by atoms with E-state index in [4.69, 9.17) is 10.8 Å². The van der Waals surface area contributed by atoms with Crippen LogP contribution in [-0.2, 0) is 9.59 Å². The average molecular weight is 272 g/mol. The van der Waals surface area contributed by atoms with E-state index in [0.29, 0.717) is 19.0 Å². The number of rotatable bonds is 10. The van der Waals surface area contributed by atoms with E-state index in [9.17, 15) is 9.59 Å². The fourth-order valence-corrected chi connectivity index (χ4v) is 2.13. The Balaban J connectivity index is 4.14. The molecular formula is C14H28N2O3. The Kier molecular flexibility index (Phi) is 9.21. The van der Waals surface area contributed by atoms with Crippen LogP contribution in [0.15, 0.2) is 0 Å². The van der Waals surface area contributed by atoms with Gasteiger partial charge in [-0.25, -0.2) is 0 Å². The second-order valence-electron chi connectivity index (χ2n) is 5.67. The quantitative estimate of drug-likeness (QED) is 0.563. The van der Waals surface area contributed by atoms with E-state index in [1.54, 1.807) is 0 Å². The topological polar surface area (TPSA) is 92.4 Å². The van der Waals surface area contributed by atoms with Gasteiger partial charge in [-0.1, -0.05) is 20.8 Å². The highest BCUT2D eigenvalue weighted by Crippen LogP contribution is 2.15. The molecule has 0 spiro atoms. The molecule has 1 unspecified atom stereocenters. The minimum atomic E-state index is -0.809. The van der Waals surface area contributed by atoms with Crippen LogP contribution in [0.5, 0.6) is 0 Å². The lowest BCUT2D eigenvalue weighted by molar-refractivity contribution is -0.138. The summed E-state index contributed by atoms with van der Waals surface area (Å²) in [5, 5.41) is 11.7. The molecule has 1 amide bonds. The number of aliphatic carboxylic acids is 1. The minimum Gasteiger partial charge on any atom is -0.481 e. The van der Waals surface area contributed by atoms with Crippen LogP contribution in [0.25, 0.3) is 0 Å². The largest absolute Gasteiger partial charge is 0.481 e. The van der Waals surface area contributed by atoms with Gasteiger partial charge in [0.25, 0.3) is 0 Å². The molecule has 0 saturated heterocycles. The zero-order valence-corrected chi connectivity index (χ0v) is 12.3. The van der Waals surface area contributed by atoms with Gasteiger partial charge in [-0.2, -0.15) is 0 Å². The van der Waals surface area contributed by atoms with E-state index in [2.05, 4.69) is 19.2 Å². The number of carboxylic acid groups (broad SMARTS) is 1. The molecular weight excluding hydrogens is 244 g/mol. The average Bonchev–Trinajstić information content (AvgIpc) is 2.31. The molecule has 4 N–H and O–H groups in total. The van der Waals surface area contributed by atoms with Gasteiger partial charge in [-0.15, -0.1) is 0 Å². The Hall–Kier alpha value is -1.10. The number of hydrogen-bond acceptors (Lipinski definition) is 3. The molecule has 0 bridgehead atoms. The van der Waals surface area contributed by atoms with E-state index in [0.717, 1.165) is 19.3 Å². The lowest BCUT2D eigenvalue weighted by atomic mass is 9.94. The number of carbonyl (C=O) groups excluding carboxylic acids is 1. The molecule has 0 aromatic carbocycles. The Labute approximate surface area is 115 Å². The maximum absolute atomic E-state index is 11.8. The van der Waals surface area contributed by atoms with Crippen LogP contribution < -0.4 is 11.1 Å². The maximum Gasteiger partial charge on any atom is 0.303 e. The predicted molar refractivity (Wildman–Crippen MR) is 75.7 cm³/mol. The van der Waals surface area contributed by atoms with Crippen molar-refractivity contribution in [1.29, 1.82) is 0 Å². The second-order valence-corrected chi connectivity index (χ2v) is 5.67. The van der Waals surface area contributed by atoms with Crippen LogP contribution in [0.3, 0.4) is 0 Å². The molecule has 5 heteroatoms. The van der Waals surface area contributed by atoms with Crippen molar-refractivity contribution in [3.63, 3.8) is 0 Å². The molecule has 0 saturated carbocycles. The fourth-order valence-electron chi connectivity index (χ4n) is 2.13. The second kappa shape index (κ2) is 9.78. The summed E-state index contributed by atoms with van der Waals surface area (Å²) in [4.78, 5) is 22.6. The van der Waals surface area contributed by atoms with Gasteiger partial charge in [0.1, 0.15) is 0 Å². The van der Waals surface area contributed by atoms with Gasteiger partial charge in [0, 0.05) is 18.9 Å². The van der Waals surface area contributed by atoms with Gasteiger partial charge in [0.05, 0.1) is 0 Å². The summed E-state index contributed by atoms with van der Waals surface area (Å²) in [6.07, 6.45) is 2.52. The Bertz CT molecular complexity index is 280. The van der Waals surface area contributed by atoms with Crippen molar-refractivity contribution in [2.24, 2.45) is 23.5 Å². The first kappa shape index (κ1) is 17.9. The summed E-state index contributed by atoms with van der Waals surface area (Å²) in [6, 6.07) is 0. The molecule has 0 aliphatic rings. The Morgan fingerprint density at radius 2 is 1.89 bits per heavy atom. The summed E-state index contributed by atoms with van der Waals surface area (Å²) in [5.41, 5.74) is 5.41. The van der Waals surface area contributed by atoms with E-state index in [1.165, 1.54) is 0 Å². The third-order valence-corrected chi connectivity index (χ3v) is 3.12. The first-order chi connectivity index (χ1) is 8.86. The highest BCUT2D eigenvalue weighted by Gasteiger charge is 2.18. The molecule has 0 rings (SSSR count). The fraction of sp³-hybridized carbons (Fsp3) is 0.857. The molecule has 0 fully saturated rings. The number of carboxylic acids is 1. The Morgan fingerprint density at radius 3 is 2.37 bits per heavy atom. The molecule has 0 aliphatic heterocycles. The highest BCUT2D eigenvalue weighted by molar-refractivity contribution is 5.78.